The number of halogens is 1. The number of aryl methyl sites for hydroxylation is 1. The van der Waals surface area contributed by atoms with Gasteiger partial charge in [-0.05, 0) is 30.7 Å². The Hall–Kier alpha value is -2.01. The van der Waals surface area contributed by atoms with Gasteiger partial charge in [-0.2, -0.15) is 0 Å². The normalized spacial score (nSPS) is 12.2. The van der Waals surface area contributed by atoms with Crippen LogP contribution in [0.1, 0.15) is 23.1 Å². The summed E-state index contributed by atoms with van der Waals surface area (Å²) >= 11 is 0. The molecule has 0 spiro atoms. The number of methoxy groups -OCH3 is 1. The van der Waals surface area contributed by atoms with Gasteiger partial charge in [-0.25, -0.2) is 14.4 Å². The van der Waals surface area contributed by atoms with Crippen LogP contribution in [0.2, 0.25) is 0 Å². The van der Waals surface area contributed by atoms with E-state index in [2.05, 4.69) is 9.97 Å². The lowest BCUT2D eigenvalue weighted by molar-refractivity contribution is 0.386. The zero-order chi connectivity index (χ0) is 13.1. The predicted molar refractivity (Wildman–Crippen MR) is 65.8 cm³/mol. The topological polar surface area (TPSA) is 61.0 Å². The van der Waals surface area contributed by atoms with Gasteiger partial charge < -0.3 is 10.5 Å². The second-order valence-electron chi connectivity index (χ2n) is 3.90. The zero-order valence-corrected chi connectivity index (χ0v) is 10.2. The fourth-order valence-electron chi connectivity index (χ4n) is 1.69. The summed E-state index contributed by atoms with van der Waals surface area (Å²) < 4.78 is 18.5. The maximum absolute atomic E-state index is 13.6. The van der Waals surface area contributed by atoms with E-state index < -0.39 is 11.9 Å². The number of nitrogens with zero attached hydrogens (tertiary/aromatic N) is 2. The highest BCUT2D eigenvalue weighted by atomic mass is 19.1. The first-order valence-electron chi connectivity index (χ1n) is 5.50. The molecule has 0 aliphatic heterocycles. The molecule has 0 bridgehead atoms. The van der Waals surface area contributed by atoms with Gasteiger partial charge in [-0.15, -0.1) is 0 Å². The van der Waals surface area contributed by atoms with Crippen molar-refractivity contribution in [3.05, 3.63) is 53.4 Å². The van der Waals surface area contributed by atoms with Gasteiger partial charge in [0.2, 0.25) is 0 Å². The van der Waals surface area contributed by atoms with Crippen LogP contribution in [0.25, 0.3) is 0 Å². The van der Waals surface area contributed by atoms with E-state index in [1.807, 2.05) is 0 Å². The maximum atomic E-state index is 13.6. The number of benzene rings is 1. The van der Waals surface area contributed by atoms with E-state index >= 15 is 0 Å². The molecule has 5 heteroatoms. The van der Waals surface area contributed by atoms with Crippen molar-refractivity contribution in [2.45, 2.75) is 13.0 Å². The Balaban J connectivity index is 2.34. The molecule has 0 radical (unpaired) electrons. The number of nitrogens with two attached hydrogens (primary N) is 1. The molecular weight excluding hydrogens is 233 g/mol. The summed E-state index contributed by atoms with van der Waals surface area (Å²) in [5.41, 5.74) is 7.35. The summed E-state index contributed by atoms with van der Waals surface area (Å²) in [5, 5.41) is 0. The maximum Gasteiger partial charge on any atom is 0.165 e. The lowest BCUT2D eigenvalue weighted by atomic mass is 10.0. The monoisotopic (exact) mass is 247 g/mol. The fraction of sp³-hybridized carbons (Fsp3) is 0.231. The summed E-state index contributed by atoms with van der Waals surface area (Å²) in [6.07, 6.45) is 1.64. The molecule has 0 saturated carbocycles. The van der Waals surface area contributed by atoms with Crippen LogP contribution >= 0.6 is 0 Å². The summed E-state index contributed by atoms with van der Waals surface area (Å²) in [5.74, 6) is 0.401. The molecule has 2 aromatic rings. The molecule has 1 heterocycles. The summed E-state index contributed by atoms with van der Waals surface area (Å²) in [4.78, 5) is 8.23. The molecule has 1 aromatic heterocycles. The Morgan fingerprint density at radius 2 is 2.11 bits per heavy atom. The number of hydrogen-bond donors (Lipinski definition) is 1. The van der Waals surface area contributed by atoms with Gasteiger partial charge in [-0.3, -0.25) is 0 Å². The van der Waals surface area contributed by atoms with Gasteiger partial charge >= 0.3 is 0 Å². The summed E-state index contributed by atoms with van der Waals surface area (Å²) in [7, 11) is 1.42. The van der Waals surface area contributed by atoms with Crippen molar-refractivity contribution in [1.29, 1.82) is 0 Å². The highest BCUT2D eigenvalue weighted by molar-refractivity contribution is 5.34. The van der Waals surface area contributed by atoms with Crippen LogP contribution < -0.4 is 10.5 Å². The van der Waals surface area contributed by atoms with Crippen molar-refractivity contribution in [1.82, 2.24) is 9.97 Å². The van der Waals surface area contributed by atoms with Crippen molar-refractivity contribution >= 4 is 0 Å². The number of hydrogen-bond acceptors (Lipinski definition) is 4. The van der Waals surface area contributed by atoms with Gasteiger partial charge in [0.1, 0.15) is 5.82 Å². The molecule has 0 aliphatic rings. The first kappa shape index (κ1) is 12.4. The molecule has 1 atom stereocenters. The molecule has 2 rings (SSSR count). The van der Waals surface area contributed by atoms with Crippen LogP contribution in [-0.4, -0.2) is 17.1 Å². The second kappa shape index (κ2) is 5.10. The van der Waals surface area contributed by atoms with Crippen LogP contribution in [0.15, 0.2) is 30.5 Å². The third kappa shape index (κ3) is 2.46. The molecule has 0 amide bonds. The zero-order valence-electron chi connectivity index (χ0n) is 10.2. The Morgan fingerprint density at radius 1 is 1.33 bits per heavy atom. The van der Waals surface area contributed by atoms with Gasteiger partial charge in [-0.1, -0.05) is 6.07 Å². The molecule has 18 heavy (non-hydrogen) atoms. The summed E-state index contributed by atoms with van der Waals surface area (Å²) in [6.45, 7) is 1.78. The average molecular weight is 247 g/mol. The molecule has 1 unspecified atom stereocenters. The van der Waals surface area contributed by atoms with E-state index in [0.29, 0.717) is 17.1 Å². The Kier molecular flexibility index (Phi) is 3.53. The van der Waals surface area contributed by atoms with Crippen molar-refractivity contribution in [2.24, 2.45) is 5.73 Å². The summed E-state index contributed by atoms with van der Waals surface area (Å²) in [6, 6.07) is 5.88. The number of ether oxygens (including phenoxy) is 1. The van der Waals surface area contributed by atoms with Crippen molar-refractivity contribution in [2.75, 3.05) is 7.11 Å². The quantitative estimate of drug-likeness (QED) is 0.900. The number of aromatic nitrogens is 2. The lowest BCUT2D eigenvalue weighted by Gasteiger charge is -2.12. The molecule has 0 saturated heterocycles. The predicted octanol–water partition coefficient (Wildman–Crippen LogP) is 1.98. The van der Waals surface area contributed by atoms with Crippen LogP contribution in [0.3, 0.4) is 0 Å². The molecule has 94 valence electrons. The van der Waals surface area contributed by atoms with E-state index in [0.717, 1.165) is 0 Å². The Morgan fingerprint density at radius 3 is 2.72 bits per heavy atom. The van der Waals surface area contributed by atoms with Crippen LogP contribution in [0, 0.1) is 12.7 Å². The smallest absolute Gasteiger partial charge is 0.165 e. The Labute approximate surface area is 105 Å². The molecule has 4 nitrogen and oxygen atoms in total. The Bertz CT molecular complexity index is 560. The SMILES string of the molecule is COc1ccc(C(N)c2ccnc(C)n2)cc1F. The standard InChI is InChI=1S/C13H14FN3O/c1-8-16-6-5-11(17-8)13(15)9-3-4-12(18-2)10(14)7-9/h3-7,13H,15H2,1-2H3. The van der Waals surface area contributed by atoms with E-state index in [1.165, 1.54) is 13.2 Å². The van der Waals surface area contributed by atoms with E-state index in [-0.39, 0.29) is 5.75 Å². The average Bonchev–Trinajstić information content (AvgIpc) is 2.37. The number of rotatable bonds is 3. The third-order valence-corrected chi connectivity index (χ3v) is 2.65. The van der Waals surface area contributed by atoms with E-state index in [4.69, 9.17) is 10.5 Å². The van der Waals surface area contributed by atoms with Gasteiger partial charge in [0, 0.05) is 6.20 Å². The minimum absolute atomic E-state index is 0.199. The molecule has 0 fully saturated rings. The van der Waals surface area contributed by atoms with E-state index in [1.54, 1.807) is 31.3 Å². The molecule has 2 N–H and O–H groups in total. The van der Waals surface area contributed by atoms with Crippen molar-refractivity contribution in [3.63, 3.8) is 0 Å². The van der Waals surface area contributed by atoms with Crippen LogP contribution in [0.5, 0.6) is 5.75 Å². The lowest BCUT2D eigenvalue weighted by Crippen LogP contribution is -2.14. The van der Waals surface area contributed by atoms with Gasteiger partial charge in [0.15, 0.2) is 11.6 Å². The minimum Gasteiger partial charge on any atom is -0.494 e. The van der Waals surface area contributed by atoms with E-state index in [9.17, 15) is 4.39 Å². The highest BCUT2D eigenvalue weighted by Gasteiger charge is 2.13. The van der Waals surface area contributed by atoms with Crippen molar-refractivity contribution in [3.8, 4) is 5.75 Å². The molecular formula is C13H14FN3O. The minimum atomic E-state index is -0.480. The molecule has 0 aliphatic carbocycles. The largest absolute Gasteiger partial charge is 0.494 e. The first-order valence-corrected chi connectivity index (χ1v) is 5.50. The first-order chi connectivity index (χ1) is 8.61. The third-order valence-electron chi connectivity index (χ3n) is 2.65. The van der Waals surface area contributed by atoms with Gasteiger partial charge in [0.05, 0.1) is 18.8 Å². The fourth-order valence-corrected chi connectivity index (χ4v) is 1.69. The van der Waals surface area contributed by atoms with Crippen LogP contribution in [-0.2, 0) is 0 Å². The molecule has 1 aromatic carbocycles. The highest BCUT2D eigenvalue weighted by Crippen LogP contribution is 2.23. The van der Waals surface area contributed by atoms with Crippen LogP contribution in [0.4, 0.5) is 4.39 Å². The van der Waals surface area contributed by atoms with Gasteiger partial charge in [0.25, 0.3) is 0 Å². The second-order valence-corrected chi connectivity index (χ2v) is 3.90. The van der Waals surface area contributed by atoms with Crippen molar-refractivity contribution < 1.29 is 9.13 Å².